The first-order chi connectivity index (χ1) is 16.4. The maximum absolute atomic E-state index is 13.6. The molecule has 0 amide bonds. The highest BCUT2D eigenvalue weighted by atomic mass is 19.3. The fourth-order valence-electron chi connectivity index (χ4n) is 3.94. The van der Waals surface area contributed by atoms with E-state index in [1.807, 2.05) is 4.90 Å². The molecule has 13 heteroatoms. The molecule has 2 fully saturated rings. The van der Waals surface area contributed by atoms with Crippen molar-refractivity contribution in [3.05, 3.63) is 47.5 Å². The zero-order valence-corrected chi connectivity index (χ0v) is 18.0. The second-order valence-corrected chi connectivity index (χ2v) is 8.09. The molecule has 2 radical (unpaired) electrons. The van der Waals surface area contributed by atoms with Gasteiger partial charge in [0.25, 0.3) is 6.43 Å². The lowest BCUT2D eigenvalue weighted by Crippen LogP contribution is -2.56. The van der Waals surface area contributed by atoms with Gasteiger partial charge >= 0.3 is 0 Å². The number of hydrogen-bond acceptors (Lipinski definition) is 7. The maximum Gasteiger partial charge on any atom is 0.264 e. The number of pyridine rings is 1. The molecular formula is C21H20BF4N7O. The van der Waals surface area contributed by atoms with E-state index in [1.165, 1.54) is 18.2 Å². The number of benzene rings is 1. The van der Waals surface area contributed by atoms with Gasteiger partial charge in [-0.05, 0) is 24.3 Å². The van der Waals surface area contributed by atoms with Gasteiger partial charge in [-0.2, -0.15) is 0 Å². The number of anilines is 3. The maximum atomic E-state index is 13.6. The van der Waals surface area contributed by atoms with E-state index in [9.17, 15) is 17.6 Å². The van der Waals surface area contributed by atoms with Crippen LogP contribution in [0.3, 0.4) is 0 Å². The predicted molar refractivity (Wildman–Crippen MR) is 118 cm³/mol. The third-order valence-electron chi connectivity index (χ3n) is 5.88. The Morgan fingerprint density at radius 1 is 1.00 bits per heavy atom. The Bertz CT molecular complexity index is 1180. The molecule has 0 aliphatic carbocycles. The Labute approximate surface area is 193 Å². The topological polar surface area (TPSA) is 71.3 Å². The molecule has 0 unspecified atom stereocenters. The molecule has 4 heterocycles. The van der Waals surface area contributed by atoms with E-state index >= 15 is 0 Å². The second-order valence-electron chi connectivity index (χ2n) is 8.09. The van der Waals surface area contributed by atoms with E-state index in [1.54, 1.807) is 0 Å². The van der Waals surface area contributed by atoms with Crippen LogP contribution in [0.15, 0.2) is 30.3 Å². The summed E-state index contributed by atoms with van der Waals surface area (Å²) >= 11 is 0. The van der Waals surface area contributed by atoms with Gasteiger partial charge in [0.2, 0.25) is 5.95 Å². The number of ether oxygens (including phenoxy) is 1. The number of nitrogens with zero attached hydrogens (tertiary/aromatic N) is 6. The van der Waals surface area contributed by atoms with E-state index in [0.29, 0.717) is 24.9 Å². The Balaban J connectivity index is 1.36. The molecule has 1 N–H and O–H groups in total. The van der Waals surface area contributed by atoms with E-state index in [2.05, 4.69) is 25.3 Å². The van der Waals surface area contributed by atoms with Crippen molar-refractivity contribution in [1.29, 1.82) is 0 Å². The molecule has 0 saturated carbocycles. The van der Waals surface area contributed by atoms with Gasteiger partial charge in [-0.25, -0.2) is 32.2 Å². The van der Waals surface area contributed by atoms with Gasteiger partial charge < -0.3 is 15.0 Å². The highest BCUT2D eigenvalue weighted by molar-refractivity contribution is 6.29. The zero-order valence-electron chi connectivity index (χ0n) is 18.0. The minimum absolute atomic E-state index is 0.0260. The van der Waals surface area contributed by atoms with Gasteiger partial charge in [-0.3, -0.25) is 4.90 Å². The van der Waals surface area contributed by atoms with Gasteiger partial charge in [0.15, 0.2) is 19.5 Å². The summed E-state index contributed by atoms with van der Waals surface area (Å²) in [7, 11) is 5.86. The molecule has 8 nitrogen and oxygen atoms in total. The molecule has 5 rings (SSSR count). The molecule has 2 saturated heterocycles. The summed E-state index contributed by atoms with van der Waals surface area (Å²) in [4.78, 5) is 12.8. The standard InChI is InChI=1S/C21H20BF4N7O/c22-20-29-21(30-33(20)13-1-2-15(23)16(24)9-13)28-17-7-12(19(25)26)8-18(27-17)32-5-3-31(4-6-32)14-10-34-11-14/h1-2,7-9,14,19H,3-6,10-11H2,(H,27,28,30). The number of aromatic nitrogens is 4. The largest absolute Gasteiger partial charge is 0.378 e. The van der Waals surface area contributed by atoms with Gasteiger partial charge in [-0.15, -0.1) is 5.10 Å². The molecule has 34 heavy (non-hydrogen) atoms. The minimum atomic E-state index is -2.70. The van der Waals surface area contributed by atoms with Crippen molar-refractivity contribution < 1.29 is 22.3 Å². The molecular weight excluding hydrogens is 453 g/mol. The number of hydrogen-bond donors (Lipinski definition) is 1. The molecule has 0 bridgehead atoms. The number of alkyl halides is 2. The molecule has 2 aliphatic rings. The first-order valence-corrected chi connectivity index (χ1v) is 10.7. The lowest BCUT2D eigenvalue weighted by Gasteiger charge is -2.42. The van der Waals surface area contributed by atoms with Crippen molar-refractivity contribution in [2.24, 2.45) is 0 Å². The van der Waals surface area contributed by atoms with Crippen LogP contribution in [-0.2, 0) is 4.74 Å². The monoisotopic (exact) mass is 473 g/mol. The van der Waals surface area contributed by atoms with E-state index < -0.39 is 18.1 Å². The molecule has 176 valence electrons. The summed E-state index contributed by atoms with van der Waals surface area (Å²) in [5.41, 5.74) is -0.146. The number of piperazine rings is 1. The SMILES string of the molecule is [B]c1nc(Nc2cc(C(F)F)cc(N3CCN(C4COC4)CC3)n2)nn1-c1ccc(F)c(F)c1. The van der Waals surface area contributed by atoms with E-state index in [0.717, 1.165) is 43.1 Å². The van der Waals surface area contributed by atoms with Gasteiger partial charge in [0, 0.05) is 37.8 Å². The Hall–Kier alpha value is -3.19. The molecule has 1 aromatic carbocycles. The first-order valence-electron chi connectivity index (χ1n) is 10.7. The number of halogens is 4. The highest BCUT2D eigenvalue weighted by Crippen LogP contribution is 2.28. The Morgan fingerprint density at radius 2 is 1.76 bits per heavy atom. The van der Waals surface area contributed by atoms with Crippen LogP contribution >= 0.6 is 0 Å². The second kappa shape index (κ2) is 9.22. The summed E-state index contributed by atoms with van der Waals surface area (Å²) in [5.74, 6) is -1.57. The molecule has 0 spiro atoms. The van der Waals surface area contributed by atoms with Crippen molar-refractivity contribution in [2.45, 2.75) is 12.5 Å². The summed E-state index contributed by atoms with van der Waals surface area (Å²) in [6, 6.07) is 6.16. The molecule has 2 aromatic heterocycles. The number of rotatable bonds is 6. The summed E-state index contributed by atoms with van der Waals surface area (Å²) in [6.07, 6.45) is -2.70. The van der Waals surface area contributed by atoms with Crippen LogP contribution in [-0.4, -0.2) is 77.9 Å². The smallest absolute Gasteiger partial charge is 0.264 e. The van der Waals surface area contributed by atoms with Crippen LogP contribution in [0.25, 0.3) is 5.69 Å². The number of nitrogens with one attached hydrogen (secondary N) is 1. The van der Waals surface area contributed by atoms with E-state index in [4.69, 9.17) is 12.6 Å². The third-order valence-corrected chi connectivity index (χ3v) is 5.88. The average molecular weight is 473 g/mol. The van der Waals surface area contributed by atoms with Crippen molar-refractivity contribution in [2.75, 3.05) is 49.6 Å². The Morgan fingerprint density at radius 3 is 2.41 bits per heavy atom. The van der Waals surface area contributed by atoms with Crippen LogP contribution in [0.2, 0.25) is 0 Å². The molecule has 2 aliphatic heterocycles. The van der Waals surface area contributed by atoms with Crippen LogP contribution in [0.1, 0.15) is 12.0 Å². The van der Waals surface area contributed by atoms with Crippen LogP contribution in [0.4, 0.5) is 35.1 Å². The Kier molecular flexibility index (Phi) is 6.13. The minimum Gasteiger partial charge on any atom is -0.378 e. The fraction of sp³-hybridized carbons (Fsp3) is 0.381. The fourth-order valence-corrected chi connectivity index (χ4v) is 3.94. The lowest BCUT2D eigenvalue weighted by atomic mass is 10.1. The van der Waals surface area contributed by atoms with Gasteiger partial charge in [0.1, 0.15) is 11.6 Å². The zero-order chi connectivity index (χ0) is 23.8. The summed E-state index contributed by atoms with van der Waals surface area (Å²) < 4.78 is 60.4. The predicted octanol–water partition coefficient (Wildman–Crippen LogP) is 1.94. The highest BCUT2D eigenvalue weighted by Gasteiger charge is 2.29. The van der Waals surface area contributed by atoms with Gasteiger partial charge in [0.05, 0.1) is 30.7 Å². The van der Waals surface area contributed by atoms with Crippen molar-refractivity contribution >= 4 is 31.2 Å². The van der Waals surface area contributed by atoms with Crippen LogP contribution in [0, 0.1) is 11.6 Å². The van der Waals surface area contributed by atoms with Crippen LogP contribution < -0.4 is 15.9 Å². The van der Waals surface area contributed by atoms with Crippen molar-refractivity contribution in [1.82, 2.24) is 24.6 Å². The van der Waals surface area contributed by atoms with E-state index in [-0.39, 0.29) is 28.7 Å². The lowest BCUT2D eigenvalue weighted by molar-refractivity contribution is -0.0661. The average Bonchev–Trinajstić information content (AvgIpc) is 3.14. The first kappa shape index (κ1) is 22.6. The quantitative estimate of drug-likeness (QED) is 0.434. The summed E-state index contributed by atoms with van der Waals surface area (Å²) in [5, 5.41) is 6.92. The molecule has 3 aromatic rings. The molecule has 0 atom stereocenters. The summed E-state index contributed by atoms with van der Waals surface area (Å²) in [6.45, 7) is 4.31. The third kappa shape index (κ3) is 4.57. The van der Waals surface area contributed by atoms with Gasteiger partial charge in [-0.1, -0.05) is 0 Å². The normalized spacial score (nSPS) is 17.3. The van der Waals surface area contributed by atoms with Crippen molar-refractivity contribution in [3.8, 4) is 5.69 Å². The van der Waals surface area contributed by atoms with Crippen LogP contribution in [0.5, 0.6) is 0 Å². The van der Waals surface area contributed by atoms with Crippen molar-refractivity contribution in [3.63, 3.8) is 0 Å².